The van der Waals surface area contributed by atoms with Crippen molar-refractivity contribution in [2.45, 2.75) is 68.2 Å². The molecule has 1 aromatic heterocycles. The highest BCUT2D eigenvalue weighted by atomic mass is 32.2. The van der Waals surface area contributed by atoms with Gasteiger partial charge in [-0.1, -0.05) is 0 Å². The number of amides is 1. The van der Waals surface area contributed by atoms with Crippen molar-refractivity contribution in [3.8, 4) is 5.75 Å². The fourth-order valence-electron chi connectivity index (χ4n) is 4.65. The quantitative estimate of drug-likeness (QED) is 0.685. The maximum absolute atomic E-state index is 14.0. The first-order chi connectivity index (χ1) is 15.4. The lowest BCUT2D eigenvalue weighted by atomic mass is 9.96. The van der Waals surface area contributed by atoms with Crippen LogP contribution in [0.2, 0.25) is 0 Å². The van der Waals surface area contributed by atoms with Gasteiger partial charge in [-0.3, -0.25) is 4.79 Å². The second-order valence-corrected chi connectivity index (χ2v) is 11.3. The molecule has 7 nitrogen and oxygen atoms in total. The zero-order valence-electron chi connectivity index (χ0n) is 18.7. The number of piperidine rings is 1. The Hall–Kier alpha value is -2.75. The van der Waals surface area contributed by atoms with E-state index in [2.05, 4.69) is 15.2 Å². The largest absolute Gasteiger partial charge is 0.475 e. The summed E-state index contributed by atoms with van der Waals surface area (Å²) in [4.78, 5) is 19.7. The van der Waals surface area contributed by atoms with Crippen LogP contribution < -0.4 is 15.0 Å². The SMILES string of the molecule is CC(C)(Oc1ccc(F)cc1F)C(=O)NC1CC2CCC(C1)N2c1ccc(S(C)(=O)=O)cn1. The molecule has 3 heterocycles. The van der Waals surface area contributed by atoms with Crippen LogP contribution in [0.1, 0.15) is 39.5 Å². The van der Waals surface area contributed by atoms with Gasteiger partial charge in [0.15, 0.2) is 27.0 Å². The number of nitrogens with one attached hydrogen (secondary N) is 1. The van der Waals surface area contributed by atoms with Crippen molar-refractivity contribution in [1.82, 2.24) is 10.3 Å². The molecular formula is C23H27F2N3O4S. The minimum absolute atomic E-state index is 0.0810. The van der Waals surface area contributed by atoms with Crippen LogP contribution in [-0.2, 0) is 14.6 Å². The van der Waals surface area contributed by atoms with E-state index in [4.69, 9.17) is 4.74 Å². The minimum atomic E-state index is -3.31. The summed E-state index contributed by atoms with van der Waals surface area (Å²) in [6.45, 7) is 3.09. The molecule has 0 radical (unpaired) electrons. The molecule has 1 N–H and O–H groups in total. The molecule has 0 saturated carbocycles. The van der Waals surface area contributed by atoms with E-state index >= 15 is 0 Å². The average molecular weight is 480 g/mol. The van der Waals surface area contributed by atoms with Gasteiger partial charge in [-0.15, -0.1) is 0 Å². The van der Waals surface area contributed by atoms with Gasteiger partial charge in [-0.25, -0.2) is 22.2 Å². The molecule has 2 saturated heterocycles. The molecule has 4 rings (SSSR count). The zero-order chi connectivity index (χ0) is 24.0. The average Bonchev–Trinajstić information content (AvgIpc) is 3.00. The summed E-state index contributed by atoms with van der Waals surface area (Å²) < 4.78 is 56.1. The maximum atomic E-state index is 14.0. The first-order valence-electron chi connectivity index (χ1n) is 10.8. The van der Waals surface area contributed by atoms with Crippen molar-refractivity contribution in [1.29, 1.82) is 0 Å². The number of anilines is 1. The Balaban J connectivity index is 1.41. The number of benzene rings is 1. The van der Waals surface area contributed by atoms with Crippen LogP contribution in [0.4, 0.5) is 14.6 Å². The van der Waals surface area contributed by atoms with Crippen LogP contribution in [0.25, 0.3) is 0 Å². The molecule has 178 valence electrons. The van der Waals surface area contributed by atoms with Crippen molar-refractivity contribution in [2.24, 2.45) is 0 Å². The third kappa shape index (κ3) is 4.95. The number of carbonyl (C=O) groups is 1. The van der Waals surface area contributed by atoms with Crippen LogP contribution in [0.3, 0.4) is 0 Å². The standard InChI is InChI=1S/C23H27F2N3O4S/c1-23(2,32-20-8-4-14(24)10-19(20)25)22(29)27-15-11-16-5-6-17(12-15)28(16)21-9-7-18(13-26-21)33(3,30)31/h4,7-10,13,15-17H,5-6,11-12H2,1-3H3,(H,27,29). The Morgan fingerprint density at radius 2 is 1.82 bits per heavy atom. The van der Waals surface area contributed by atoms with Crippen molar-refractivity contribution in [2.75, 3.05) is 11.2 Å². The second-order valence-electron chi connectivity index (χ2n) is 9.25. The summed E-state index contributed by atoms with van der Waals surface area (Å²) in [5.41, 5.74) is -1.35. The summed E-state index contributed by atoms with van der Waals surface area (Å²) in [6.07, 6.45) is 5.85. The smallest absolute Gasteiger partial charge is 0.263 e. The van der Waals surface area contributed by atoms with Gasteiger partial charge in [0.1, 0.15) is 11.6 Å². The highest BCUT2D eigenvalue weighted by molar-refractivity contribution is 7.90. The van der Waals surface area contributed by atoms with Gasteiger partial charge in [0.25, 0.3) is 5.91 Å². The van der Waals surface area contributed by atoms with Gasteiger partial charge in [0.2, 0.25) is 0 Å². The van der Waals surface area contributed by atoms with Gasteiger partial charge in [0, 0.05) is 36.6 Å². The molecule has 1 amide bonds. The Kier molecular flexibility index (Phi) is 6.07. The minimum Gasteiger partial charge on any atom is -0.475 e. The highest BCUT2D eigenvalue weighted by Gasteiger charge is 2.43. The van der Waals surface area contributed by atoms with Crippen LogP contribution in [0, 0.1) is 11.6 Å². The van der Waals surface area contributed by atoms with E-state index in [-0.39, 0.29) is 34.7 Å². The molecule has 10 heteroatoms. The van der Waals surface area contributed by atoms with E-state index in [1.807, 2.05) is 0 Å². The molecule has 2 unspecified atom stereocenters. The molecule has 1 aromatic carbocycles. The predicted octanol–water partition coefficient (Wildman–Crippen LogP) is 3.24. The Morgan fingerprint density at radius 1 is 1.15 bits per heavy atom. The number of hydrogen-bond donors (Lipinski definition) is 1. The molecule has 2 aromatic rings. The van der Waals surface area contributed by atoms with E-state index in [0.29, 0.717) is 18.9 Å². The molecule has 0 spiro atoms. The third-order valence-electron chi connectivity index (χ3n) is 6.29. The Morgan fingerprint density at radius 3 is 2.36 bits per heavy atom. The zero-order valence-corrected chi connectivity index (χ0v) is 19.5. The molecule has 0 aliphatic carbocycles. The lowest BCUT2D eigenvalue weighted by Gasteiger charge is -2.40. The first-order valence-corrected chi connectivity index (χ1v) is 12.7. The number of pyridine rings is 1. The number of fused-ring (bicyclic) bond motifs is 2. The maximum Gasteiger partial charge on any atom is 0.263 e. The summed E-state index contributed by atoms with van der Waals surface area (Å²) in [5.74, 6) is -1.41. The fraction of sp³-hybridized carbons (Fsp3) is 0.478. The first kappa shape index (κ1) is 23.4. The Labute approximate surface area is 192 Å². The molecule has 2 aliphatic rings. The van der Waals surface area contributed by atoms with Gasteiger partial charge >= 0.3 is 0 Å². The summed E-state index contributed by atoms with van der Waals surface area (Å²) in [5, 5.41) is 3.03. The number of nitrogens with zero attached hydrogens (tertiary/aromatic N) is 2. The van der Waals surface area contributed by atoms with Crippen molar-refractivity contribution >= 4 is 21.6 Å². The monoisotopic (exact) mass is 479 g/mol. The normalized spacial score (nSPS) is 22.8. The number of aromatic nitrogens is 1. The summed E-state index contributed by atoms with van der Waals surface area (Å²) in [7, 11) is -3.31. The lowest BCUT2D eigenvalue weighted by molar-refractivity contribution is -0.135. The lowest BCUT2D eigenvalue weighted by Crippen LogP contribution is -2.55. The summed E-state index contributed by atoms with van der Waals surface area (Å²) >= 11 is 0. The number of carbonyl (C=O) groups excluding carboxylic acids is 1. The van der Waals surface area contributed by atoms with Gasteiger partial charge in [0.05, 0.1) is 4.90 Å². The number of hydrogen-bond acceptors (Lipinski definition) is 6. The third-order valence-corrected chi connectivity index (χ3v) is 7.39. The molecular weight excluding hydrogens is 452 g/mol. The molecule has 2 bridgehead atoms. The second kappa shape index (κ2) is 8.55. The topological polar surface area (TPSA) is 88.6 Å². The van der Waals surface area contributed by atoms with Gasteiger partial charge in [-0.05, 0) is 63.8 Å². The predicted molar refractivity (Wildman–Crippen MR) is 119 cm³/mol. The molecule has 2 aliphatic heterocycles. The highest BCUT2D eigenvalue weighted by Crippen LogP contribution is 2.39. The van der Waals surface area contributed by atoms with E-state index in [1.54, 1.807) is 26.0 Å². The molecule has 2 fully saturated rings. The van der Waals surface area contributed by atoms with Crippen LogP contribution in [0.15, 0.2) is 41.4 Å². The van der Waals surface area contributed by atoms with E-state index in [9.17, 15) is 22.0 Å². The van der Waals surface area contributed by atoms with Gasteiger partial charge < -0.3 is 15.0 Å². The molecule has 2 atom stereocenters. The number of halogens is 2. The van der Waals surface area contributed by atoms with E-state index in [0.717, 1.165) is 31.0 Å². The van der Waals surface area contributed by atoms with E-state index < -0.39 is 27.1 Å². The molecule has 33 heavy (non-hydrogen) atoms. The van der Waals surface area contributed by atoms with Gasteiger partial charge in [-0.2, -0.15) is 0 Å². The van der Waals surface area contributed by atoms with Crippen molar-refractivity contribution < 1.29 is 26.7 Å². The number of ether oxygens (including phenoxy) is 1. The Bertz CT molecular complexity index is 1140. The van der Waals surface area contributed by atoms with Crippen LogP contribution >= 0.6 is 0 Å². The van der Waals surface area contributed by atoms with Crippen LogP contribution in [0.5, 0.6) is 5.75 Å². The van der Waals surface area contributed by atoms with Crippen molar-refractivity contribution in [3.63, 3.8) is 0 Å². The number of sulfone groups is 1. The summed E-state index contributed by atoms with van der Waals surface area (Å²) in [6, 6.07) is 6.52. The number of rotatable bonds is 6. The van der Waals surface area contributed by atoms with Crippen LogP contribution in [-0.4, -0.2) is 49.3 Å². The van der Waals surface area contributed by atoms with E-state index in [1.165, 1.54) is 12.3 Å². The van der Waals surface area contributed by atoms with Crippen molar-refractivity contribution in [3.05, 3.63) is 48.2 Å². The fourth-order valence-corrected chi connectivity index (χ4v) is 5.21.